The number of ether oxygens (including phenoxy) is 3. The summed E-state index contributed by atoms with van der Waals surface area (Å²) in [7, 11) is 2.66. The third kappa shape index (κ3) is 7.96. The molecule has 0 saturated carbocycles. The Morgan fingerprint density at radius 2 is 1.81 bits per heavy atom. The van der Waals surface area contributed by atoms with E-state index in [4.69, 9.17) is 14.2 Å². The summed E-state index contributed by atoms with van der Waals surface area (Å²) in [5, 5.41) is 8.08. The number of amides is 2. The number of rotatable bonds is 12. The van der Waals surface area contributed by atoms with Crippen molar-refractivity contribution in [1.29, 1.82) is 0 Å². The predicted octanol–water partition coefficient (Wildman–Crippen LogP) is 4.12. The zero-order valence-electron chi connectivity index (χ0n) is 23.5. The molecule has 4 rings (SSSR count). The SMILES string of the molecule is C=C(CCN1CCOCC1)Nc1ncnc(OC)c1C(=O)Nc1cnc(OC)cc1C(=O)Nc1ccc(F)c(C(F)F)c1. The fourth-order valence-electron chi connectivity index (χ4n) is 4.18. The van der Waals surface area contributed by atoms with E-state index in [2.05, 4.69) is 42.4 Å². The molecule has 3 heterocycles. The molecule has 1 fully saturated rings. The quantitative estimate of drug-likeness (QED) is 0.278. The zero-order valence-corrected chi connectivity index (χ0v) is 23.5. The van der Waals surface area contributed by atoms with Crippen LogP contribution in [0.5, 0.6) is 11.8 Å². The molecule has 1 aliphatic rings. The van der Waals surface area contributed by atoms with Crippen molar-refractivity contribution in [3.63, 3.8) is 0 Å². The summed E-state index contributed by atoms with van der Waals surface area (Å²) in [4.78, 5) is 41.3. The fourth-order valence-corrected chi connectivity index (χ4v) is 4.18. The molecule has 3 aromatic rings. The number of alkyl halides is 2. The number of carbonyl (C=O) groups excluding carboxylic acids is 2. The number of aromatic nitrogens is 3. The average molecular weight is 602 g/mol. The number of hydrogen-bond donors (Lipinski definition) is 3. The summed E-state index contributed by atoms with van der Waals surface area (Å²) < 4.78 is 55.9. The summed E-state index contributed by atoms with van der Waals surface area (Å²) >= 11 is 0. The van der Waals surface area contributed by atoms with E-state index in [0.29, 0.717) is 25.3 Å². The Bertz CT molecular complexity index is 1490. The maximum absolute atomic E-state index is 13.7. The van der Waals surface area contributed by atoms with Crippen LogP contribution in [0.4, 0.5) is 30.4 Å². The van der Waals surface area contributed by atoms with Crippen LogP contribution in [0.25, 0.3) is 0 Å². The van der Waals surface area contributed by atoms with Crippen molar-refractivity contribution in [2.75, 3.05) is 63.0 Å². The molecule has 1 saturated heterocycles. The van der Waals surface area contributed by atoms with Gasteiger partial charge in [0.2, 0.25) is 11.8 Å². The molecule has 1 aliphatic heterocycles. The fraction of sp³-hybridized carbons (Fsp3) is 0.321. The van der Waals surface area contributed by atoms with Gasteiger partial charge in [-0.2, -0.15) is 0 Å². The van der Waals surface area contributed by atoms with Gasteiger partial charge in [-0.3, -0.25) is 14.5 Å². The molecule has 0 aliphatic carbocycles. The van der Waals surface area contributed by atoms with Gasteiger partial charge in [-0.15, -0.1) is 0 Å². The van der Waals surface area contributed by atoms with E-state index in [-0.39, 0.29) is 40.1 Å². The minimum Gasteiger partial charge on any atom is -0.481 e. The van der Waals surface area contributed by atoms with Gasteiger partial charge in [-0.05, 0) is 24.6 Å². The van der Waals surface area contributed by atoms with Crippen LogP contribution in [0.1, 0.15) is 39.1 Å². The van der Waals surface area contributed by atoms with Crippen molar-refractivity contribution < 1.29 is 37.0 Å². The highest BCUT2D eigenvalue weighted by molar-refractivity contribution is 6.14. The molecule has 0 radical (unpaired) electrons. The summed E-state index contributed by atoms with van der Waals surface area (Å²) in [5.41, 5.74) is -0.614. The van der Waals surface area contributed by atoms with Crippen molar-refractivity contribution in [1.82, 2.24) is 19.9 Å². The molecule has 2 aromatic heterocycles. The highest BCUT2D eigenvalue weighted by Gasteiger charge is 2.24. The average Bonchev–Trinajstić information content (AvgIpc) is 3.01. The Balaban J connectivity index is 1.56. The first-order chi connectivity index (χ1) is 20.7. The van der Waals surface area contributed by atoms with Crippen LogP contribution in [0.3, 0.4) is 0 Å². The highest BCUT2D eigenvalue weighted by Crippen LogP contribution is 2.28. The Hall–Kier alpha value is -4.76. The second-order valence-corrected chi connectivity index (χ2v) is 9.26. The lowest BCUT2D eigenvalue weighted by Crippen LogP contribution is -2.37. The predicted molar refractivity (Wildman–Crippen MR) is 151 cm³/mol. The minimum absolute atomic E-state index is 0.0371. The van der Waals surface area contributed by atoms with Crippen LogP contribution >= 0.6 is 0 Å². The van der Waals surface area contributed by atoms with Gasteiger partial charge in [-0.25, -0.2) is 28.1 Å². The summed E-state index contributed by atoms with van der Waals surface area (Å²) in [6.45, 7) is 7.71. The molecule has 15 heteroatoms. The van der Waals surface area contributed by atoms with Crippen LogP contribution < -0.4 is 25.4 Å². The lowest BCUT2D eigenvalue weighted by Gasteiger charge is -2.26. The first-order valence-corrected chi connectivity index (χ1v) is 13.1. The van der Waals surface area contributed by atoms with E-state index in [9.17, 15) is 22.8 Å². The smallest absolute Gasteiger partial charge is 0.266 e. The van der Waals surface area contributed by atoms with Crippen LogP contribution in [-0.4, -0.2) is 78.7 Å². The Kier molecular flexibility index (Phi) is 10.5. The number of pyridine rings is 1. The number of benzene rings is 1. The second-order valence-electron chi connectivity index (χ2n) is 9.26. The normalized spacial score (nSPS) is 13.3. The zero-order chi connectivity index (χ0) is 30.9. The highest BCUT2D eigenvalue weighted by atomic mass is 19.3. The second kappa shape index (κ2) is 14.4. The Morgan fingerprint density at radius 1 is 1.05 bits per heavy atom. The molecule has 0 atom stereocenters. The Morgan fingerprint density at radius 3 is 2.51 bits per heavy atom. The molecular weight excluding hydrogens is 571 g/mol. The molecule has 3 N–H and O–H groups in total. The molecule has 43 heavy (non-hydrogen) atoms. The molecule has 1 aromatic carbocycles. The third-order valence-corrected chi connectivity index (χ3v) is 6.43. The molecule has 0 spiro atoms. The molecule has 0 bridgehead atoms. The van der Waals surface area contributed by atoms with Crippen molar-refractivity contribution in [3.8, 4) is 11.8 Å². The molecule has 12 nitrogen and oxygen atoms in total. The van der Waals surface area contributed by atoms with Crippen molar-refractivity contribution in [2.24, 2.45) is 0 Å². The number of nitrogens with zero attached hydrogens (tertiary/aromatic N) is 4. The first kappa shape index (κ1) is 31.2. The number of hydrogen-bond acceptors (Lipinski definition) is 10. The number of methoxy groups -OCH3 is 2. The van der Waals surface area contributed by atoms with E-state index >= 15 is 0 Å². The van der Waals surface area contributed by atoms with Gasteiger partial charge in [-0.1, -0.05) is 6.58 Å². The van der Waals surface area contributed by atoms with Gasteiger partial charge in [0.05, 0.1) is 50.4 Å². The van der Waals surface area contributed by atoms with Gasteiger partial charge in [0, 0.05) is 37.1 Å². The van der Waals surface area contributed by atoms with Crippen molar-refractivity contribution in [3.05, 3.63) is 71.6 Å². The van der Waals surface area contributed by atoms with Crippen LogP contribution in [0.2, 0.25) is 0 Å². The first-order valence-electron chi connectivity index (χ1n) is 13.1. The number of nitrogens with one attached hydrogen (secondary N) is 3. The number of morpholine rings is 1. The summed E-state index contributed by atoms with van der Waals surface area (Å²) in [5.74, 6) is -2.56. The number of anilines is 3. The van der Waals surface area contributed by atoms with Crippen LogP contribution in [-0.2, 0) is 4.74 Å². The lowest BCUT2D eigenvalue weighted by molar-refractivity contribution is 0.0385. The molecular formula is C28H30F3N7O5. The minimum atomic E-state index is -3.09. The number of halogens is 3. The van der Waals surface area contributed by atoms with Gasteiger partial charge in [0.15, 0.2) is 0 Å². The lowest BCUT2D eigenvalue weighted by atomic mass is 10.1. The summed E-state index contributed by atoms with van der Waals surface area (Å²) in [6.07, 6.45) is -0.117. The Labute approximate surface area is 245 Å². The maximum atomic E-state index is 13.7. The standard InChI is InChI=1S/C28H30F3N7O5/c1-16(6-7-38-8-10-43-11-9-38)35-25-23(28(42-3)34-15-33-25)27(40)37-21-14-32-22(41-2)13-19(21)26(39)36-17-4-5-20(29)18(12-17)24(30)31/h4-5,12-15,24H,1,6-11H2,2-3H3,(H,36,39)(H,37,40)(H,33,34,35). The van der Waals surface area contributed by atoms with E-state index in [1.807, 2.05) is 0 Å². The monoisotopic (exact) mass is 601 g/mol. The van der Waals surface area contributed by atoms with Crippen LogP contribution in [0.15, 0.2) is 49.1 Å². The maximum Gasteiger partial charge on any atom is 0.266 e. The van der Waals surface area contributed by atoms with Crippen molar-refractivity contribution >= 4 is 29.0 Å². The van der Waals surface area contributed by atoms with E-state index < -0.39 is 29.6 Å². The largest absolute Gasteiger partial charge is 0.481 e. The molecule has 0 unspecified atom stereocenters. The van der Waals surface area contributed by atoms with E-state index in [1.165, 1.54) is 32.8 Å². The van der Waals surface area contributed by atoms with Crippen molar-refractivity contribution in [2.45, 2.75) is 12.8 Å². The van der Waals surface area contributed by atoms with Gasteiger partial charge in [0.1, 0.15) is 23.5 Å². The summed E-state index contributed by atoms with van der Waals surface area (Å²) in [6, 6.07) is 4.02. The van der Waals surface area contributed by atoms with Gasteiger partial charge >= 0.3 is 0 Å². The van der Waals surface area contributed by atoms with Gasteiger partial charge in [0.25, 0.3) is 18.2 Å². The van der Waals surface area contributed by atoms with Crippen LogP contribution in [0, 0.1) is 5.82 Å². The topological polar surface area (TPSA) is 140 Å². The van der Waals surface area contributed by atoms with E-state index in [1.54, 1.807) is 0 Å². The number of carbonyl (C=O) groups is 2. The third-order valence-electron chi connectivity index (χ3n) is 6.43. The van der Waals surface area contributed by atoms with E-state index in [0.717, 1.165) is 37.8 Å². The molecule has 2 amide bonds. The molecule has 228 valence electrons. The van der Waals surface area contributed by atoms with Gasteiger partial charge < -0.3 is 30.2 Å².